The van der Waals surface area contributed by atoms with E-state index in [2.05, 4.69) is 20.3 Å². The molecular weight excluding hydrogens is 383 g/mol. The molecule has 0 aliphatic rings. The third-order valence-corrected chi connectivity index (χ3v) is 5.01. The molecule has 0 bridgehead atoms. The maximum absolute atomic E-state index is 13.0. The molecule has 10 heteroatoms. The minimum absolute atomic E-state index is 0.0169. The molecule has 4 aromatic heterocycles. The fourth-order valence-corrected chi connectivity index (χ4v) is 3.44. The lowest BCUT2D eigenvalue weighted by Crippen LogP contribution is -2.25. The Kier molecular flexibility index (Phi) is 3.83. The van der Waals surface area contributed by atoms with Gasteiger partial charge < -0.3 is 4.52 Å². The van der Waals surface area contributed by atoms with Crippen LogP contribution in [0.2, 0.25) is 0 Å². The smallest absolute Gasteiger partial charge is 0.293 e. The van der Waals surface area contributed by atoms with Gasteiger partial charge in [0.2, 0.25) is 11.7 Å². The number of nitrogens with zero attached hydrogens (tertiary/aromatic N) is 6. The molecule has 0 saturated heterocycles. The molecule has 5 rings (SSSR count). The first-order valence-electron chi connectivity index (χ1n) is 8.25. The predicted octanol–water partition coefficient (Wildman–Crippen LogP) is 2.86. The van der Waals surface area contributed by atoms with Gasteiger partial charge in [0, 0.05) is 5.56 Å². The van der Waals surface area contributed by atoms with Gasteiger partial charge in [-0.15, -0.1) is 11.3 Å². The normalized spacial score (nSPS) is 11.3. The highest BCUT2D eigenvalue weighted by Gasteiger charge is 2.14. The van der Waals surface area contributed by atoms with E-state index in [0.717, 1.165) is 4.88 Å². The number of hydrogen-bond donors (Lipinski definition) is 0. The first-order chi connectivity index (χ1) is 13.7. The molecule has 0 fully saturated rings. The van der Waals surface area contributed by atoms with Crippen LogP contribution in [0.15, 0.2) is 63.5 Å². The fraction of sp³-hybridized carbons (Fsp3) is 0.0556. The Morgan fingerprint density at radius 1 is 1.18 bits per heavy atom. The van der Waals surface area contributed by atoms with Crippen LogP contribution in [0.1, 0.15) is 5.89 Å². The van der Waals surface area contributed by atoms with Crippen molar-refractivity contribution in [2.24, 2.45) is 0 Å². The summed E-state index contributed by atoms with van der Waals surface area (Å²) in [5.74, 6) is 0.184. The van der Waals surface area contributed by atoms with Crippen molar-refractivity contribution in [2.45, 2.75) is 6.54 Å². The molecule has 0 spiro atoms. The zero-order valence-electron chi connectivity index (χ0n) is 14.2. The minimum atomic E-state index is -0.348. The van der Waals surface area contributed by atoms with Crippen molar-refractivity contribution in [3.8, 4) is 22.0 Å². The van der Waals surface area contributed by atoms with E-state index in [0.29, 0.717) is 22.6 Å². The molecule has 28 heavy (non-hydrogen) atoms. The summed E-state index contributed by atoms with van der Waals surface area (Å²) in [7, 11) is 0. The van der Waals surface area contributed by atoms with Crippen molar-refractivity contribution in [3.05, 3.63) is 76.2 Å². The van der Waals surface area contributed by atoms with Crippen LogP contribution in [0, 0.1) is 5.82 Å². The Labute approximate surface area is 160 Å². The summed E-state index contributed by atoms with van der Waals surface area (Å²) in [5.41, 5.74) is 1.41. The highest BCUT2D eigenvalue weighted by molar-refractivity contribution is 7.13. The highest BCUT2D eigenvalue weighted by atomic mass is 32.1. The van der Waals surface area contributed by atoms with Gasteiger partial charge in [-0.2, -0.15) is 15.2 Å². The Balaban J connectivity index is 1.46. The van der Waals surface area contributed by atoms with E-state index in [9.17, 15) is 9.18 Å². The number of benzene rings is 1. The molecule has 0 unspecified atom stereocenters. The van der Waals surface area contributed by atoms with Crippen molar-refractivity contribution in [2.75, 3.05) is 0 Å². The molecule has 1 aromatic carbocycles. The van der Waals surface area contributed by atoms with Crippen molar-refractivity contribution < 1.29 is 8.91 Å². The standard InChI is InChI=1S/C18H11FN6O2S/c19-12-5-3-11(4-6-12)17-21-16(27-23-17)9-24-18(26)14-8-13(15-2-1-7-28-15)22-25(14)10-20-24/h1-8,10H,9H2. The SMILES string of the molecule is O=c1c2cc(-c3cccs3)nn2cnn1Cc1nc(-c2ccc(F)cc2)no1. The summed E-state index contributed by atoms with van der Waals surface area (Å²) in [4.78, 5) is 18.0. The van der Waals surface area contributed by atoms with Crippen LogP contribution in [-0.2, 0) is 6.54 Å². The third-order valence-electron chi connectivity index (χ3n) is 4.12. The second kappa shape index (κ2) is 6.50. The summed E-state index contributed by atoms with van der Waals surface area (Å²) in [6.45, 7) is 0.0169. The number of thiophene rings is 1. The first-order valence-corrected chi connectivity index (χ1v) is 9.13. The van der Waals surface area contributed by atoms with Crippen LogP contribution in [0.5, 0.6) is 0 Å². The maximum Gasteiger partial charge on any atom is 0.293 e. The van der Waals surface area contributed by atoms with E-state index in [4.69, 9.17) is 4.52 Å². The molecule has 0 aliphatic heterocycles. The second-order valence-electron chi connectivity index (χ2n) is 5.95. The molecule has 0 N–H and O–H groups in total. The molecule has 8 nitrogen and oxygen atoms in total. The lowest BCUT2D eigenvalue weighted by Gasteiger charge is -2.00. The molecule has 0 amide bonds. The molecule has 0 atom stereocenters. The first kappa shape index (κ1) is 16.5. The number of aromatic nitrogens is 6. The van der Waals surface area contributed by atoms with Crippen molar-refractivity contribution in [1.82, 2.24) is 29.5 Å². The third kappa shape index (κ3) is 2.89. The lowest BCUT2D eigenvalue weighted by atomic mass is 10.2. The molecular formula is C18H11FN6O2S. The summed E-state index contributed by atoms with van der Waals surface area (Å²) in [6, 6.07) is 11.3. The number of hydrogen-bond acceptors (Lipinski definition) is 7. The van der Waals surface area contributed by atoms with Gasteiger partial charge in [-0.3, -0.25) is 4.79 Å². The predicted molar refractivity (Wildman–Crippen MR) is 99.4 cm³/mol. The summed E-state index contributed by atoms with van der Waals surface area (Å²) < 4.78 is 20.9. The topological polar surface area (TPSA) is 91.1 Å². The lowest BCUT2D eigenvalue weighted by molar-refractivity contribution is 0.362. The van der Waals surface area contributed by atoms with Gasteiger partial charge in [-0.05, 0) is 41.8 Å². The quantitative estimate of drug-likeness (QED) is 0.466. The van der Waals surface area contributed by atoms with Crippen molar-refractivity contribution >= 4 is 16.9 Å². The minimum Gasteiger partial charge on any atom is -0.337 e. The zero-order chi connectivity index (χ0) is 19.1. The molecule has 5 aromatic rings. The average Bonchev–Trinajstić information content (AvgIpc) is 3.45. The molecule has 0 aliphatic carbocycles. The highest BCUT2D eigenvalue weighted by Crippen LogP contribution is 2.23. The van der Waals surface area contributed by atoms with Crippen LogP contribution in [0.3, 0.4) is 0 Å². The van der Waals surface area contributed by atoms with Gasteiger partial charge in [0.25, 0.3) is 5.56 Å². The Hall–Kier alpha value is -3.66. The van der Waals surface area contributed by atoms with Gasteiger partial charge in [0.1, 0.15) is 29.9 Å². The number of halogens is 1. The van der Waals surface area contributed by atoms with Gasteiger partial charge in [0.15, 0.2) is 0 Å². The fourth-order valence-electron chi connectivity index (χ4n) is 2.76. The van der Waals surface area contributed by atoms with Crippen LogP contribution in [-0.4, -0.2) is 29.5 Å². The van der Waals surface area contributed by atoms with Gasteiger partial charge in [0.05, 0.1) is 4.88 Å². The zero-order valence-corrected chi connectivity index (χ0v) is 15.0. The summed E-state index contributed by atoms with van der Waals surface area (Å²) >= 11 is 1.54. The van der Waals surface area contributed by atoms with Crippen LogP contribution < -0.4 is 5.56 Å². The maximum atomic E-state index is 13.0. The van der Waals surface area contributed by atoms with Crippen LogP contribution in [0.25, 0.3) is 27.5 Å². The van der Waals surface area contributed by atoms with E-state index in [1.807, 2.05) is 17.5 Å². The molecule has 0 radical (unpaired) electrons. The monoisotopic (exact) mass is 394 g/mol. The Morgan fingerprint density at radius 3 is 2.82 bits per heavy atom. The van der Waals surface area contributed by atoms with Gasteiger partial charge in [-0.1, -0.05) is 11.2 Å². The van der Waals surface area contributed by atoms with Gasteiger partial charge >= 0.3 is 0 Å². The van der Waals surface area contributed by atoms with Crippen LogP contribution in [0.4, 0.5) is 4.39 Å². The van der Waals surface area contributed by atoms with E-state index in [1.54, 1.807) is 29.5 Å². The summed E-state index contributed by atoms with van der Waals surface area (Å²) in [5, 5.41) is 14.3. The van der Waals surface area contributed by atoms with Crippen LogP contribution >= 0.6 is 11.3 Å². The average molecular weight is 394 g/mol. The number of fused-ring (bicyclic) bond motifs is 1. The van der Waals surface area contributed by atoms with E-state index in [-0.39, 0.29) is 23.8 Å². The Bertz CT molecular complexity index is 1320. The van der Waals surface area contributed by atoms with E-state index in [1.165, 1.54) is 27.7 Å². The second-order valence-corrected chi connectivity index (χ2v) is 6.90. The van der Waals surface area contributed by atoms with E-state index < -0.39 is 0 Å². The largest absolute Gasteiger partial charge is 0.337 e. The molecule has 4 heterocycles. The Morgan fingerprint density at radius 2 is 2.04 bits per heavy atom. The summed E-state index contributed by atoms with van der Waals surface area (Å²) in [6.07, 6.45) is 1.46. The number of rotatable bonds is 4. The van der Waals surface area contributed by atoms with Crippen molar-refractivity contribution in [1.29, 1.82) is 0 Å². The molecule has 0 saturated carbocycles. The molecule has 138 valence electrons. The van der Waals surface area contributed by atoms with Gasteiger partial charge in [-0.25, -0.2) is 13.6 Å². The van der Waals surface area contributed by atoms with Crippen molar-refractivity contribution in [3.63, 3.8) is 0 Å². The van der Waals surface area contributed by atoms with E-state index >= 15 is 0 Å².